The molecule has 0 heterocycles. The average Bonchev–Trinajstić information content (AvgIpc) is 2.67. The third-order valence-electron chi connectivity index (χ3n) is 4.36. The van der Waals surface area contributed by atoms with E-state index in [2.05, 4.69) is 0 Å². The molecule has 0 fully saturated rings. The minimum atomic E-state index is -4.58. The van der Waals surface area contributed by atoms with Crippen molar-refractivity contribution in [2.75, 3.05) is 0 Å². The van der Waals surface area contributed by atoms with Gasteiger partial charge in [-0.2, -0.15) is 39.5 Å². The second kappa shape index (κ2) is 9.59. The molecule has 0 unspecified atom stereocenters. The molecule has 3 aromatic carbocycles. The molecule has 0 aliphatic heterocycles. The third kappa shape index (κ3) is 6.16. The number of hydrogen-bond acceptors (Lipinski definition) is 0. The van der Waals surface area contributed by atoms with E-state index in [9.17, 15) is 39.5 Å². The van der Waals surface area contributed by atoms with Gasteiger partial charge in [-0.15, -0.1) is 0 Å². The molecule has 174 valence electrons. The summed E-state index contributed by atoms with van der Waals surface area (Å²) in [5.41, 5.74) is -2.73. The van der Waals surface area contributed by atoms with E-state index in [-0.39, 0.29) is 22.4 Å². The van der Waals surface area contributed by atoms with Crippen molar-refractivity contribution < 1.29 is 61.9 Å². The van der Waals surface area contributed by atoms with E-state index in [4.69, 9.17) is 0 Å². The second-order valence-corrected chi connectivity index (χ2v) is 8.69. The van der Waals surface area contributed by atoms with E-state index in [0.29, 0.717) is 15.9 Å². The maximum Gasteiger partial charge on any atom is 1.00 e. The van der Waals surface area contributed by atoms with E-state index in [1.807, 2.05) is 0 Å². The molecule has 0 atom stereocenters. The van der Waals surface area contributed by atoms with Crippen molar-refractivity contribution in [2.45, 2.75) is 18.5 Å². The Labute approximate surface area is 193 Å². The summed E-state index contributed by atoms with van der Waals surface area (Å²) >= 11 is 0. The summed E-state index contributed by atoms with van der Waals surface area (Å²) in [7, 11) is -1.69. The summed E-state index contributed by atoms with van der Waals surface area (Å²) in [6.07, 6.45) is -13.7. The summed E-state index contributed by atoms with van der Waals surface area (Å²) in [4.78, 5) is 0. The molecule has 0 spiro atoms. The van der Waals surface area contributed by atoms with Crippen LogP contribution >= 0.6 is 7.92 Å². The molecule has 32 heavy (non-hydrogen) atoms. The molecule has 0 N–H and O–H groups in total. The van der Waals surface area contributed by atoms with Crippen LogP contribution in [0.1, 0.15) is 16.7 Å². The Kier molecular flexibility index (Phi) is 7.93. The first kappa shape index (κ1) is 26.5. The van der Waals surface area contributed by atoms with Crippen LogP contribution in [0.4, 0.5) is 39.5 Å². The zero-order chi connectivity index (χ0) is 23.0. The molecule has 0 nitrogen and oxygen atoms in total. The van der Waals surface area contributed by atoms with Gasteiger partial charge in [-0.1, -0.05) is 36.4 Å². The molecular formula is C21H12AuF9P+. The zero-order valence-electron chi connectivity index (χ0n) is 15.6. The van der Waals surface area contributed by atoms with Crippen LogP contribution in [0, 0.1) is 0 Å². The molecule has 3 rings (SSSR count). The van der Waals surface area contributed by atoms with Crippen molar-refractivity contribution in [1.82, 2.24) is 0 Å². The first-order chi connectivity index (χ1) is 14.3. The standard InChI is InChI=1S/C21H12F9P.Au/c22-19(23,24)13-1-7-16(8-2-13)31(17-9-3-14(4-10-17)20(25,26)27)18-11-5-15(6-12-18)21(28,29)30;/h1-12H;/q;+1. The Morgan fingerprint density at radius 3 is 0.719 bits per heavy atom. The summed E-state index contributed by atoms with van der Waals surface area (Å²) < 4.78 is 116. The van der Waals surface area contributed by atoms with Crippen molar-refractivity contribution in [2.24, 2.45) is 0 Å². The molecule has 0 saturated heterocycles. The van der Waals surface area contributed by atoms with Crippen LogP contribution in [0.3, 0.4) is 0 Å². The zero-order valence-corrected chi connectivity index (χ0v) is 18.6. The van der Waals surface area contributed by atoms with Gasteiger partial charge in [-0.25, -0.2) is 0 Å². The SMILES string of the molecule is FC(F)(F)c1ccc(P(c2ccc(C(F)(F)F)cc2)c2ccc(C(F)(F)F)cc2)cc1.[Au+]. The third-order valence-corrected chi connectivity index (χ3v) is 6.80. The van der Waals surface area contributed by atoms with E-state index >= 15 is 0 Å². The largest absolute Gasteiger partial charge is 1.00 e. The number of rotatable bonds is 3. The topological polar surface area (TPSA) is 0 Å². The van der Waals surface area contributed by atoms with Crippen LogP contribution in [0.2, 0.25) is 0 Å². The normalized spacial score (nSPS) is 12.6. The number of alkyl halides is 9. The molecule has 0 aliphatic carbocycles. The van der Waals surface area contributed by atoms with Crippen molar-refractivity contribution >= 4 is 23.8 Å². The van der Waals surface area contributed by atoms with Crippen LogP contribution < -0.4 is 15.9 Å². The van der Waals surface area contributed by atoms with Gasteiger partial charge in [-0.05, 0) is 60.2 Å². The van der Waals surface area contributed by atoms with Gasteiger partial charge in [0.25, 0.3) is 0 Å². The van der Waals surface area contributed by atoms with Crippen molar-refractivity contribution in [3.8, 4) is 0 Å². The fourth-order valence-electron chi connectivity index (χ4n) is 2.85. The molecular weight excluding hydrogens is 651 g/mol. The van der Waals surface area contributed by atoms with Gasteiger partial charge in [0.2, 0.25) is 0 Å². The minimum Gasteiger partial charge on any atom is -0.166 e. The average molecular weight is 663 g/mol. The van der Waals surface area contributed by atoms with E-state index in [1.165, 1.54) is 36.4 Å². The number of benzene rings is 3. The van der Waals surface area contributed by atoms with Gasteiger partial charge in [0, 0.05) is 0 Å². The first-order valence-electron chi connectivity index (χ1n) is 8.59. The first-order valence-corrected chi connectivity index (χ1v) is 9.93. The summed E-state index contributed by atoms with van der Waals surface area (Å²) in [6, 6.07) is 12.1. The van der Waals surface area contributed by atoms with Crippen LogP contribution in [0.5, 0.6) is 0 Å². The van der Waals surface area contributed by atoms with Crippen molar-refractivity contribution in [3.63, 3.8) is 0 Å². The molecule has 0 radical (unpaired) electrons. The van der Waals surface area contributed by atoms with Gasteiger partial charge in [0.05, 0.1) is 16.7 Å². The summed E-state index contributed by atoms with van der Waals surface area (Å²) in [5.74, 6) is 0. The second-order valence-electron chi connectivity index (χ2n) is 6.47. The van der Waals surface area contributed by atoms with E-state index in [0.717, 1.165) is 36.4 Å². The molecule has 0 amide bonds. The van der Waals surface area contributed by atoms with Gasteiger partial charge in [-0.3, -0.25) is 0 Å². The van der Waals surface area contributed by atoms with Crippen LogP contribution in [0.25, 0.3) is 0 Å². The predicted octanol–water partition coefficient (Wildman–Crippen LogP) is 6.50. The quantitative estimate of drug-likeness (QED) is 0.171. The Hall–Kier alpha value is -1.80. The minimum absolute atomic E-state index is 0. The van der Waals surface area contributed by atoms with E-state index < -0.39 is 43.1 Å². The smallest absolute Gasteiger partial charge is 0.166 e. The van der Waals surface area contributed by atoms with Crippen LogP contribution in [0.15, 0.2) is 72.8 Å². The Morgan fingerprint density at radius 2 is 0.562 bits per heavy atom. The fraction of sp³-hybridized carbons (Fsp3) is 0.143. The molecule has 0 aliphatic rings. The van der Waals surface area contributed by atoms with Crippen molar-refractivity contribution in [3.05, 3.63) is 89.5 Å². The number of hydrogen-bond donors (Lipinski definition) is 0. The van der Waals surface area contributed by atoms with Crippen LogP contribution in [-0.4, -0.2) is 0 Å². The van der Waals surface area contributed by atoms with Crippen LogP contribution in [-0.2, 0) is 40.9 Å². The summed E-state index contributed by atoms with van der Waals surface area (Å²) in [5, 5.41) is 1.05. The monoisotopic (exact) mass is 663 g/mol. The Balaban J connectivity index is 0.00000363. The maximum absolute atomic E-state index is 12.9. The Bertz CT molecular complexity index is 883. The predicted molar refractivity (Wildman–Crippen MR) is 100 cm³/mol. The molecule has 3 aromatic rings. The van der Waals surface area contributed by atoms with E-state index in [1.54, 1.807) is 0 Å². The molecule has 0 bridgehead atoms. The van der Waals surface area contributed by atoms with Gasteiger partial charge in [0.15, 0.2) is 0 Å². The summed E-state index contributed by atoms with van der Waals surface area (Å²) in [6.45, 7) is 0. The molecule has 0 aromatic heterocycles. The van der Waals surface area contributed by atoms with Gasteiger partial charge >= 0.3 is 40.9 Å². The fourth-order valence-corrected chi connectivity index (χ4v) is 5.08. The number of halogens is 9. The maximum atomic E-state index is 12.9. The van der Waals surface area contributed by atoms with Gasteiger partial charge < -0.3 is 0 Å². The Morgan fingerprint density at radius 1 is 0.375 bits per heavy atom. The molecule has 0 saturated carbocycles. The molecule has 11 heteroatoms. The van der Waals surface area contributed by atoms with Gasteiger partial charge in [0.1, 0.15) is 0 Å². The van der Waals surface area contributed by atoms with Crippen molar-refractivity contribution in [1.29, 1.82) is 0 Å².